The summed E-state index contributed by atoms with van der Waals surface area (Å²) in [6.07, 6.45) is 2.42. The number of carbonyl (C=O) groups excluding carboxylic acids is 1. The second-order valence-electron chi connectivity index (χ2n) is 5.99. The first-order valence-electron chi connectivity index (χ1n) is 8.47. The maximum atomic E-state index is 12.7. The number of hydrogen-bond acceptors (Lipinski definition) is 7. The summed E-state index contributed by atoms with van der Waals surface area (Å²) in [5.41, 5.74) is 0.613. The number of nitrogens with zero attached hydrogens (tertiary/aromatic N) is 2. The van der Waals surface area contributed by atoms with Gasteiger partial charge in [-0.3, -0.25) is 14.9 Å². The molecule has 8 heteroatoms. The average Bonchev–Trinajstić information content (AvgIpc) is 3.15. The Labute approximate surface area is 168 Å². The minimum Gasteiger partial charge on any atom is -0.497 e. The van der Waals surface area contributed by atoms with Gasteiger partial charge in [0.05, 0.1) is 28.3 Å². The van der Waals surface area contributed by atoms with E-state index in [2.05, 4.69) is 10.3 Å². The Morgan fingerprint density at radius 1 is 1.31 bits per heavy atom. The summed E-state index contributed by atoms with van der Waals surface area (Å²) in [6.45, 7) is 0. The molecule has 0 saturated carbocycles. The lowest BCUT2D eigenvalue weighted by molar-refractivity contribution is -0.112. The molecule has 0 bridgehead atoms. The maximum absolute atomic E-state index is 12.7. The standard InChI is InChI=1S/C21H13N3O4S/c1-27-14-6-7-15-17(9-14)28-11-13(19(15)25)8-12(10-22)20(26)24-21-23-16-4-2-3-5-18(16)29-21/h2-9,11H,1H3,(H,23,24,26). The molecule has 7 nitrogen and oxygen atoms in total. The molecule has 2 aromatic heterocycles. The van der Waals surface area contributed by atoms with Gasteiger partial charge >= 0.3 is 0 Å². The van der Waals surface area contributed by atoms with Gasteiger partial charge in [-0.25, -0.2) is 4.98 Å². The van der Waals surface area contributed by atoms with Crippen LogP contribution in [0.15, 0.2) is 63.5 Å². The van der Waals surface area contributed by atoms with Gasteiger partial charge in [-0.15, -0.1) is 0 Å². The Morgan fingerprint density at radius 3 is 2.90 bits per heavy atom. The monoisotopic (exact) mass is 403 g/mol. The summed E-state index contributed by atoms with van der Waals surface area (Å²) >= 11 is 1.30. The predicted molar refractivity (Wildman–Crippen MR) is 111 cm³/mol. The van der Waals surface area contributed by atoms with E-state index >= 15 is 0 Å². The fourth-order valence-electron chi connectivity index (χ4n) is 2.74. The third-order valence-electron chi connectivity index (χ3n) is 4.19. The molecule has 0 saturated heterocycles. The van der Waals surface area contributed by atoms with Gasteiger partial charge in [-0.1, -0.05) is 23.5 Å². The van der Waals surface area contributed by atoms with Crippen molar-refractivity contribution in [2.75, 3.05) is 12.4 Å². The fourth-order valence-corrected chi connectivity index (χ4v) is 3.61. The Morgan fingerprint density at radius 2 is 2.14 bits per heavy atom. The van der Waals surface area contributed by atoms with Gasteiger partial charge in [0, 0.05) is 6.07 Å². The van der Waals surface area contributed by atoms with Crippen LogP contribution in [0.3, 0.4) is 0 Å². The van der Waals surface area contributed by atoms with Gasteiger partial charge in [0.25, 0.3) is 5.91 Å². The summed E-state index contributed by atoms with van der Waals surface area (Å²) < 4.78 is 11.5. The van der Waals surface area contributed by atoms with Crippen LogP contribution in [0.4, 0.5) is 5.13 Å². The fraction of sp³-hybridized carbons (Fsp3) is 0.0476. The Bertz CT molecular complexity index is 1350. The molecule has 4 aromatic rings. The largest absolute Gasteiger partial charge is 0.497 e. The van der Waals surface area contributed by atoms with Crippen LogP contribution in [-0.2, 0) is 4.79 Å². The first kappa shape index (κ1) is 18.4. The van der Waals surface area contributed by atoms with Gasteiger partial charge in [0.1, 0.15) is 29.2 Å². The highest BCUT2D eigenvalue weighted by atomic mass is 32.1. The van der Waals surface area contributed by atoms with Crippen molar-refractivity contribution in [3.8, 4) is 11.8 Å². The zero-order valence-electron chi connectivity index (χ0n) is 15.1. The Kier molecular flexibility index (Phi) is 4.81. The van der Waals surface area contributed by atoms with Crippen molar-refractivity contribution in [1.82, 2.24) is 4.98 Å². The molecule has 29 heavy (non-hydrogen) atoms. The number of nitrogens with one attached hydrogen (secondary N) is 1. The molecular weight excluding hydrogens is 390 g/mol. The van der Waals surface area contributed by atoms with Crippen LogP contribution in [0.2, 0.25) is 0 Å². The number of methoxy groups -OCH3 is 1. The summed E-state index contributed by atoms with van der Waals surface area (Å²) in [5.74, 6) is -0.0994. The van der Waals surface area contributed by atoms with Gasteiger partial charge < -0.3 is 9.15 Å². The summed E-state index contributed by atoms with van der Waals surface area (Å²) in [5, 5.41) is 12.7. The van der Waals surface area contributed by atoms with Crippen LogP contribution < -0.4 is 15.5 Å². The molecule has 0 aliphatic carbocycles. The zero-order chi connectivity index (χ0) is 20.4. The van der Waals surface area contributed by atoms with E-state index in [-0.39, 0.29) is 16.6 Å². The highest BCUT2D eigenvalue weighted by molar-refractivity contribution is 7.22. The van der Waals surface area contributed by atoms with Crippen LogP contribution in [0.25, 0.3) is 27.3 Å². The number of amides is 1. The number of rotatable bonds is 4. The van der Waals surface area contributed by atoms with E-state index in [1.54, 1.807) is 18.2 Å². The lowest BCUT2D eigenvalue weighted by Gasteiger charge is -2.03. The molecule has 0 radical (unpaired) electrons. The van der Waals surface area contributed by atoms with Crippen molar-refractivity contribution in [3.63, 3.8) is 0 Å². The minimum atomic E-state index is -0.652. The Balaban J connectivity index is 1.66. The number of hydrogen-bond donors (Lipinski definition) is 1. The molecule has 0 atom stereocenters. The molecule has 142 valence electrons. The second-order valence-corrected chi connectivity index (χ2v) is 7.02. The number of benzene rings is 2. The number of carbonyl (C=O) groups is 1. The smallest absolute Gasteiger partial charge is 0.268 e. The van der Waals surface area contributed by atoms with E-state index in [0.717, 1.165) is 10.2 Å². The number of thiazole rings is 1. The minimum absolute atomic E-state index is 0.0960. The molecule has 0 unspecified atom stereocenters. The third-order valence-corrected chi connectivity index (χ3v) is 5.14. The van der Waals surface area contributed by atoms with Crippen LogP contribution in [-0.4, -0.2) is 18.0 Å². The van der Waals surface area contributed by atoms with Crippen LogP contribution in [0.1, 0.15) is 5.56 Å². The first-order chi connectivity index (χ1) is 14.1. The number of fused-ring (bicyclic) bond motifs is 2. The molecule has 0 fully saturated rings. The third kappa shape index (κ3) is 3.59. The first-order valence-corrected chi connectivity index (χ1v) is 9.29. The van der Waals surface area contributed by atoms with E-state index in [0.29, 0.717) is 21.9 Å². The van der Waals surface area contributed by atoms with E-state index in [1.165, 1.54) is 30.8 Å². The normalized spacial score (nSPS) is 11.4. The zero-order valence-corrected chi connectivity index (χ0v) is 15.9. The van der Waals surface area contributed by atoms with E-state index in [1.807, 2.05) is 30.3 Å². The van der Waals surface area contributed by atoms with Crippen molar-refractivity contribution >= 4 is 49.6 Å². The molecule has 1 amide bonds. The quantitative estimate of drug-likeness (QED) is 0.408. The van der Waals surface area contributed by atoms with E-state index in [4.69, 9.17) is 9.15 Å². The number of para-hydroxylation sites is 1. The van der Waals surface area contributed by atoms with Gasteiger partial charge in [0.15, 0.2) is 10.6 Å². The van der Waals surface area contributed by atoms with Crippen molar-refractivity contribution in [2.24, 2.45) is 0 Å². The van der Waals surface area contributed by atoms with Gasteiger partial charge in [0.2, 0.25) is 0 Å². The van der Waals surface area contributed by atoms with E-state index in [9.17, 15) is 14.9 Å². The topological polar surface area (TPSA) is 105 Å². The van der Waals surface area contributed by atoms with Crippen LogP contribution in [0, 0.1) is 11.3 Å². The highest BCUT2D eigenvalue weighted by Crippen LogP contribution is 2.26. The molecule has 2 aromatic carbocycles. The molecule has 0 spiro atoms. The van der Waals surface area contributed by atoms with Crippen molar-refractivity contribution in [1.29, 1.82) is 5.26 Å². The van der Waals surface area contributed by atoms with Crippen molar-refractivity contribution < 1.29 is 13.9 Å². The number of ether oxygens (including phenoxy) is 1. The van der Waals surface area contributed by atoms with Crippen molar-refractivity contribution in [2.45, 2.75) is 0 Å². The average molecular weight is 403 g/mol. The molecule has 0 aliphatic heterocycles. The van der Waals surface area contributed by atoms with Crippen LogP contribution in [0.5, 0.6) is 5.75 Å². The molecule has 4 rings (SSSR count). The summed E-state index contributed by atoms with van der Waals surface area (Å²) in [4.78, 5) is 29.5. The Hall–Kier alpha value is -3.96. The molecule has 0 aliphatic rings. The number of nitriles is 1. The van der Waals surface area contributed by atoms with Crippen LogP contribution >= 0.6 is 11.3 Å². The number of aromatic nitrogens is 1. The molecule has 1 N–H and O–H groups in total. The SMILES string of the molecule is COc1ccc2c(=O)c(C=C(C#N)C(=O)Nc3nc4ccccc4s3)coc2c1. The highest BCUT2D eigenvalue weighted by Gasteiger charge is 2.14. The predicted octanol–water partition coefficient (Wildman–Crippen LogP) is 3.96. The molecule has 2 heterocycles. The number of anilines is 1. The summed E-state index contributed by atoms with van der Waals surface area (Å²) in [6, 6.07) is 14.1. The second kappa shape index (κ2) is 7.58. The summed E-state index contributed by atoms with van der Waals surface area (Å²) in [7, 11) is 1.51. The van der Waals surface area contributed by atoms with Crippen molar-refractivity contribution in [3.05, 3.63) is 70.1 Å². The van der Waals surface area contributed by atoms with Gasteiger partial charge in [-0.05, 0) is 30.3 Å². The lowest BCUT2D eigenvalue weighted by Crippen LogP contribution is -2.14. The maximum Gasteiger partial charge on any atom is 0.268 e. The van der Waals surface area contributed by atoms with Gasteiger partial charge in [-0.2, -0.15) is 5.26 Å². The molecular formula is C21H13N3O4S. The van der Waals surface area contributed by atoms with E-state index < -0.39 is 5.91 Å². The lowest BCUT2D eigenvalue weighted by atomic mass is 10.1.